The van der Waals surface area contributed by atoms with Crippen LogP contribution in [-0.2, 0) is 0 Å². The molecule has 0 saturated heterocycles. The number of benzene rings is 1. The van der Waals surface area contributed by atoms with E-state index in [2.05, 4.69) is 60.9 Å². The van der Waals surface area contributed by atoms with Gasteiger partial charge in [0, 0.05) is 17.3 Å². The molecule has 0 aliphatic carbocycles. The van der Waals surface area contributed by atoms with Gasteiger partial charge in [0.15, 0.2) is 0 Å². The molecule has 1 aliphatic rings. The van der Waals surface area contributed by atoms with Gasteiger partial charge in [0.05, 0.1) is 4.21 Å². The number of fused-ring (bicyclic) bond motifs is 1. The first-order chi connectivity index (χ1) is 9.78. The summed E-state index contributed by atoms with van der Waals surface area (Å²) in [4.78, 5) is 0. The molecule has 0 amide bonds. The van der Waals surface area contributed by atoms with Crippen molar-refractivity contribution in [1.29, 1.82) is 0 Å². The third-order valence-electron chi connectivity index (χ3n) is 3.92. The second-order valence-corrected chi connectivity index (χ2v) is 8.04. The smallest absolute Gasteiger partial charge is 0.0649 e. The van der Waals surface area contributed by atoms with E-state index in [1.54, 1.807) is 0 Å². The first-order valence-electron chi connectivity index (χ1n) is 7.33. The minimum atomic E-state index is 0.448. The second-order valence-electron chi connectivity index (χ2n) is 5.42. The summed E-state index contributed by atoms with van der Waals surface area (Å²) in [6.45, 7) is 4.60. The molecule has 1 N–H and O–H groups in total. The Morgan fingerprint density at radius 1 is 1.25 bits per heavy atom. The van der Waals surface area contributed by atoms with E-state index in [1.165, 1.54) is 21.8 Å². The van der Waals surface area contributed by atoms with Gasteiger partial charge < -0.3 is 5.32 Å². The molecule has 1 aromatic carbocycles. The Hall–Kier alpha value is -0.770. The molecule has 1 aromatic heterocycles. The van der Waals surface area contributed by atoms with Crippen LogP contribution in [0.5, 0.6) is 0 Å². The topological polar surface area (TPSA) is 12.0 Å². The van der Waals surface area contributed by atoms with Crippen molar-refractivity contribution < 1.29 is 0 Å². The average Bonchev–Trinajstić information content (AvgIpc) is 2.93. The zero-order valence-corrected chi connectivity index (χ0v) is 13.6. The lowest BCUT2D eigenvalue weighted by atomic mass is 9.99. The molecular formula is C17H21NS2. The van der Waals surface area contributed by atoms with E-state index in [-0.39, 0.29) is 0 Å². The maximum atomic E-state index is 3.89. The predicted molar refractivity (Wildman–Crippen MR) is 89.6 cm³/mol. The van der Waals surface area contributed by atoms with E-state index in [0.29, 0.717) is 17.3 Å². The molecule has 3 rings (SSSR count). The van der Waals surface area contributed by atoms with Crippen LogP contribution in [0.3, 0.4) is 0 Å². The van der Waals surface area contributed by atoms with Gasteiger partial charge in [-0.05, 0) is 35.4 Å². The van der Waals surface area contributed by atoms with Gasteiger partial charge in [-0.3, -0.25) is 0 Å². The summed E-state index contributed by atoms with van der Waals surface area (Å²) < 4.78 is 1.50. The molecular weight excluding hydrogens is 282 g/mol. The lowest BCUT2D eigenvalue weighted by molar-refractivity contribution is 0.409. The van der Waals surface area contributed by atoms with Gasteiger partial charge in [0.25, 0.3) is 0 Å². The molecule has 0 bridgehead atoms. The molecule has 1 nitrogen and oxygen atoms in total. The Labute approximate surface area is 129 Å². The van der Waals surface area contributed by atoms with E-state index in [4.69, 9.17) is 0 Å². The Morgan fingerprint density at radius 2 is 2.05 bits per heavy atom. The summed E-state index contributed by atoms with van der Waals surface area (Å²) in [5, 5.41) is 6.82. The SMILES string of the molecule is CCC(NC1C[C@H](C)Sc2sccc21)c1ccccc1. The van der Waals surface area contributed by atoms with Crippen LogP contribution in [0.2, 0.25) is 0 Å². The zero-order valence-electron chi connectivity index (χ0n) is 12.0. The lowest BCUT2D eigenvalue weighted by Crippen LogP contribution is -2.29. The molecule has 3 heteroatoms. The van der Waals surface area contributed by atoms with E-state index in [9.17, 15) is 0 Å². The van der Waals surface area contributed by atoms with Crippen molar-refractivity contribution in [1.82, 2.24) is 5.32 Å². The number of nitrogens with one attached hydrogen (secondary N) is 1. The summed E-state index contributed by atoms with van der Waals surface area (Å²) in [5.74, 6) is 0. The molecule has 0 spiro atoms. The van der Waals surface area contributed by atoms with Crippen molar-refractivity contribution in [2.24, 2.45) is 0 Å². The highest BCUT2D eigenvalue weighted by atomic mass is 32.2. The molecule has 0 radical (unpaired) electrons. The van der Waals surface area contributed by atoms with Crippen LogP contribution < -0.4 is 5.32 Å². The lowest BCUT2D eigenvalue weighted by Gasteiger charge is -2.31. The molecule has 2 unspecified atom stereocenters. The van der Waals surface area contributed by atoms with Crippen LogP contribution in [0, 0.1) is 0 Å². The van der Waals surface area contributed by atoms with Crippen LogP contribution in [-0.4, -0.2) is 5.25 Å². The van der Waals surface area contributed by atoms with Crippen LogP contribution in [0.25, 0.3) is 0 Å². The number of thioether (sulfide) groups is 1. The normalized spacial score (nSPS) is 23.3. The van der Waals surface area contributed by atoms with E-state index < -0.39 is 0 Å². The highest BCUT2D eigenvalue weighted by Crippen LogP contribution is 2.44. The average molecular weight is 303 g/mol. The standard InChI is InChI=1S/C17H21NS2/c1-3-15(13-7-5-4-6-8-13)18-16-11-12(2)20-17-14(16)9-10-19-17/h4-10,12,15-16,18H,3,11H2,1-2H3/t12-,15?,16?/m0/s1. The van der Waals surface area contributed by atoms with Crippen molar-refractivity contribution >= 4 is 23.1 Å². The summed E-state index contributed by atoms with van der Waals surface area (Å²) in [7, 11) is 0. The maximum absolute atomic E-state index is 3.89. The maximum Gasteiger partial charge on any atom is 0.0649 e. The van der Waals surface area contributed by atoms with Gasteiger partial charge in [-0.1, -0.05) is 44.2 Å². The molecule has 3 atom stereocenters. The van der Waals surface area contributed by atoms with Crippen molar-refractivity contribution in [3.63, 3.8) is 0 Å². The minimum absolute atomic E-state index is 0.448. The van der Waals surface area contributed by atoms with Gasteiger partial charge in [0.2, 0.25) is 0 Å². The summed E-state index contributed by atoms with van der Waals surface area (Å²) in [6.07, 6.45) is 2.35. The largest absolute Gasteiger partial charge is 0.303 e. The van der Waals surface area contributed by atoms with Crippen LogP contribution in [0.1, 0.15) is 49.9 Å². The molecule has 1 aliphatic heterocycles. The highest BCUT2D eigenvalue weighted by Gasteiger charge is 2.27. The second kappa shape index (κ2) is 6.33. The van der Waals surface area contributed by atoms with Gasteiger partial charge >= 0.3 is 0 Å². The van der Waals surface area contributed by atoms with Gasteiger partial charge in [0.1, 0.15) is 0 Å². The molecule has 106 valence electrons. The Balaban J connectivity index is 1.80. The molecule has 2 heterocycles. The van der Waals surface area contributed by atoms with Gasteiger partial charge in [-0.2, -0.15) is 0 Å². The van der Waals surface area contributed by atoms with E-state index in [0.717, 1.165) is 6.42 Å². The summed E-state index contributed by atoms with van der Waals surface area (Å²) in [5.41, 5.74) is 2.91. The quantitative estimate of drug-likeness (QED) is 0.810. The van der Waals surface area contributed by atoms with Crippen LogP contribution >= 0.6 is 23.1 Å². The fraction of sp³-hybridized carbons (Fsp3) is 0.412. The Kier molecular flexibility index (Phi) is 4.49. The minimum Gasteiger partial charge on any atom is -0.303 e. The fourth-order valence-electron chi connectivity index (χ4n) is 2.88. The summed E-state index contributed by atoms with van der Waals surface area (Å²) >= 11 is 3.92. The number of hydrogen-bond acceptors (Lipinski definition) is 3. The molecule has 2 aromatic rings. The van der Waals surface area contributed by atoms with Crippen molar-refractivity contribution in [2.45, 2.75) is 48.2 Å². The highest BCUT2D eigenvalue weighted by molar-refractivity contribution is 8.01. The Bertz CT molecular complexity index is 549. The molecule has 0 saturated carbocycles. The number of hydrogen-bond donors (Lipinski definition) is 1. The van der Waals surface area contributed by atoms with Crippen LogP contribution in [0.4, 0.5) is 0 Å². The van der Waals surface area contributed by atoms with E-state index in [1.807, 2.05) is 23.1 Å². The third kappa shape index (κ3) is 2.95. The van der Waals surface area contributed by atoms with Crippen LogP contribution in [0.15, 0.2) is 46.0 Å². The van der Waals surface area contributed by atoms with Crippen molar-refractivity contribution in [3.8, 4) is 0 Å². The summed E-state index contributed by atoms with van der Waals surface area (Å²) in [6, 6.07) is 14.1. The monoisotopic (exact) mass is 303 g/mol. The molecule has 0 fully saturated rings. The first-order valence-corrected chi connectivity index (χ1v) is 9.09. The molecule has 20 heavy (non-hydrogen) atoms. The number of rotatable bonds is 4. The van der Waals surface area contributed by atoms with Crippen molar-refractivity contribution in [2.75, 3.05) is 0 Å². The first kappa shape index (κ1) is 14.2. The van der Waals surface area contributed by atoms with Gasteiger partial charge in [-0.25, -0.2) is 0 Å². The zero-order chi connectivity index (χ0) is 13.9. The Morgan fingerprint density at radius 3 is 2.80 bits per heavy atom. The fourth-order valence-corrected chi connectivity index (χ4v) is 5.45. The van der Waals surface area contributed by atoms with E-state index >= 15 is 0 Å². The van der Waals surface area contributed by atoms with Crippen molar-refractivity contribution in [3.05, 3.63) is 52.9 Å². The van der Waals surface area contributed by atoms with Gasteiger partial charge in [-0.15, -0.1) is 23.1 Å². The third-order valence-corrected chi connectivity index (χ3v) is 6.27. The predicted octanol–water partition coefficient (Wildman–Crippen LogP) is 5.41. The number of thiophene rings is 1.